The highest BCUT2D eigenvalue weighted by molar-refractivity contribution is 5.57. The van der Waals surface area contributed by atoms with E-state index in [1.54, 1.807) is 18.2 Å². The number of aromatic amines is 1. The van der Waals surface area contributed by atoms with Crippen molar-refractivity contribution in [3.8, 4) is 0 Å². The summed E-state index contributed by atoms with van der Waals surface area (Å²) in [6, 6.07) is 6.77. The Morgan fingerprint density at radius 2 is 1.81 bits per heavy atom. The van der Waals surface area contributed by atoms with Crippen LogP contribution in [0.15, 0.2) is 24.3 Å². The van der Waals surface area contributed by atoms with Crippen LogP contribution >= 0.6 is 0 Å². The highest BCUT2D eigenvalue weighted by Gasteiger charge is 2.26. The standard InChI is InChI=1S/C14H17F3N4/c1-9-13(10(2)21-20-9)7-18-11-4-3-5-12(6-11)19-8-14(15,16)17/h3-6,18-19H,7-8H2,1-2H3,(H,20,21). The number of rotatable bonds is 5. The third-order valence-electron chi connectivity index (χ3n) is 3.11. The third-order valence-corrected chi connectivity index (χ3v) is 3.11. The summed E-state index contributed by atoms with van der Waals surface area (Å²) in [5.41, 5.74) is 4.13. The Bertz CT molecular complexity index is 585. The van der Waals surface area contributed by atoms with Crippen LogP contribution in [0.1, 0.15) is 17.0 Å². The van der Waals surface area contributed by atoms with E-state index in [1.165, 1.54) is 0 Å². The number of halogens is 3. The lowest BCUT2D eigenvalue weighted by Gasteiger charge is -2.12. The predicted octanol–water partition coefficient (Wildman–Crippen LogP) is 3.61. The van der Waals surface area contributed by atoms with E-state index < -0.39 is 12.7 Å². The number of alkyl halides is 3. The van der Waals surface area contributed by atoms with Gasteiger partial charge in [0.15, 0.2) is 0 Å². The van der Waals surface area contributed by atoms with E-state index in [0.717, 1.165) is 22.6 Å². The molecule has 0 aliphatic heterocycles. The third kappa shape index (κ3) is 4.40. The van der Waals surface area contributed by atoms with Gasteiger partial charge in [0.25, 0.3) is 0 Å². The zero-order chi connectivity index (χ0) is 15.5. The van der Waals surface area contributed by atoms with Gasteiger partial charge in [-0.15, -0.1) is 0 Å². The lowest BCUT2D eigenvalue weighted by molar-refractivity contribution is -0.115. The van der Waals surface area contributed by atoms with Gasteiger partial charge in [0, 0.05) is 29.2 Å². The van der Waals surface area contributed by atoms with Crippen LogP contribution in [-0.2, 0) is 6.54 Å². The molecule has 3 N–H and O–H groups in total. The summed E-state index contributed by atoms with van der Waals surface area (Å²) in [6.45, 7) is 3.35. The quantitative estimate of drug-likeness (QED) is 0.790. The summed E-state index contributed by atoms with van der Waals surface area (Å²) < 4.78 is 36.5. The number of nitrogens with zero attached hydrogens (tertiary/aromatic N) is 1. The number of aryl methyl sites for hydroxylation is 2. The van der Waals surface area contributed by atoms with Gasteiger partial charge in [0.05, 0.1) is 5.69 Å². The van der Waals surface area contributed by atoms with Crippen LogP contribution in [0.2, 0.25) is 0 Å². The summed E-state index contributed by atoms with van der Waals surface area (Å²) in [6.07, 6.45) is -4.23. The fourth-order valence-electron chi connectivity index (χ4n) is 1.97. The molecule has 0 aliphatic carbocycles. The van der Waals surface area contributed by atoms with Crippen molar-refractivity contribution < 1.29 is 13.2 Å². The Morgan fingerprint density at radius 1 is 1.14 bits per heavy atom. The molecule has 2 aromatic rings. The Labute approximate surface area is 120 Å². The molecule has 1 heterocycles. The molecular formula is C14H17F3N4. The van der Waals surface area contributed by atoms with Crippen molar-refractivity contribution in [1.82, 2.24) is 10.2 Å². The van der Waals surface area contributed by atoms with Crippen molar-refractivity contribution in [3.05, 3.63) is 41.2 Å². The maximum Gasteiger partial charge on any atom is 0.405 e. The molecule has 114 valence electrons. The van der Waals surface area contributed by atoms with Crippen molar-refractivity contribution in [2.45, 2.75) is 26.6 Å². The lowest BCUT2D eigenvalue weighted by atomic mass is 10.2. The van der Waals surface area contributed by atoms with E-state index in [2.05, 4.69) is 20.8 Å². The number of anilines is 2. The van der Waals surface area contributed by atoms with Gasteiger partial charge in [-0.1, -0.05) is 6.07 Å². The van der Waals surface area contributed by atoms with Gasteiger partial charge >= 0.3 is 6.18 Å². The largest absolute Gasteiger partial charge is 0.405 e. The smallest absolute Gasteiger partial charge is 0.381 e. The number of H-pyrrole nitrogens is 1. The Hall–Kier alpha value is -2.18. The molecule has 2 rings (SSSR count). The Balaban J connectivity index is 1.98. The molecule has 1 aromatic carbocycles. The van der Waals surface area contributed by atoms with Gasteiger partial charge < -0.3 is 10.6 Å². The number of benzene rings is 1. The predicted molar refractivity (Wildman–Crippen MR) is 76.4 cm³/mol. The minimum absolute atomic E-state index is 0.429. The summed E-state index contributed by atoms with van der Waals surface area (Å²) in [7, 11) is 0. The molecule has 1 aromatic heterocycles. The normalized spacial score (nSPS) is 11.5. The number of aromatic nitrogens is 2. The zero-order valence-corrected chi connectivity index (χ0v) is 11.8. The number of hydrogen-bond acceptors (Lipinski definition) is 3. The Morgan fingerprint density at radius 3 is 2.38 bits per heavy atom. The summed E-state index contributed by atoms with van der Waals surface area (Å²) in [4.78, 5) is 0. The molecule has 0 aliphatic rings. The Kier molecular flexibility index (Phi) is 4.40. The highest BCUT2D eigenvalue weighted by Crippen LogP contribution is 2.20. The van der Waals surface area contributed by atoms with Crippen LogP contribution in [0.5, 0.6) is 0 Å². The second kappa shape index (κ2) is 6.07. The molecule has 4 nitrogen and oxygen atoms in total. The van der Waals surface area contributed by atoms with E-state index in [9.17, 15) is 13.2 Å². The molecule has 0 saturated carbocycles. The number of nitrogens with one attached hydrogen (secondary N) is 3. The first-order chi connectivity index (χ1) is 9.85. The van der Waals surface area contributed by atoms with Crippen molar-refractivity contribution >= 4 is 11.4 Å². The van der Waals surface area contributed by atoms with Gasteiger partial charge in [-0.3, -0.25) is 5.10 Å². The second-order valence-electron chi connectivity index (χ2n) is 4.82. The lowest BCUT2D eigenvalue weighted by Crippen LogP contribution is -2.21. The van der Waals surface area contributed by atoms with Gasteiger partial charge in [-0.05, 0) is 32.0 Å². The molecular weight excluding hydrogens is 281 g/mol. The van der Waals surface area contributed by atoms with E-state index in [1.807, 2.05) is 19.9 Å². The fraction of sp³-hybridized carbons (Fsp3) is 0.357. The van der Waals surface area contributed by atoms with Crippen LogP contribution in [0.25, 0.3) is 0 Å². The summed E-state index contributed by atoms with van der Waals surface area (Å²) in [5, 5.41) is 12.5. The van der Waals surface area contributed by atoms with Gasteiger partial charge in [0.2, 0.25) is 0 Å². The molecule has 0 amide bonds. The first-order valence-corrected chi connectivity index (χ1v) is 6.50. The van der Waals surface area contributed by atoms with Crippen LogP contribution in [-0.4, -0.2) is 22.9 Å². The van der Waals surface area contributed by atoms with Crippen molar-refractivity contribution in [3.63, 3.8) is 0 Å². The van der Waals surface area contributed by atoms with E-state index >= 15 is 0 Å². The molecule has 21 heavy (non-hydrogen) atoms. The molecule has 0 unspecified atom stereocenters. The first-order valence-electron chi connectivity index (χ1n) is 6.50. The summed E-state index contributed by atoms with van der Waals surface area (Å²) >= 11 is 0. The molecule has 7 heteroatoms. The van der Waals surface area contributed by atoms with Gasteiger partial charge in [-0.2, -0.15) is 18.3 Å². The molecule has 0 fully saturated rings. The molecule has 0 saturated heterocycles. The van der Waals surface area contributed by atoms with Gasteiger partial charge in [0.1, 0.15) is 6.54 Å². The fourth-order valence-corrected chi connectivity index (χ4v) is 1.97. The SMILES string of the molecule is Cc1n[nH]c(C)c1CNc1cccc(NCC(F)(F)F)c1. The van der Waals surface area contributed by atoms with Crippen LogP contribution in [0.3, 0.4) is 0 Å². The first kappa shape index (κ1) is 15.2. The minimum atomic E-state index is -4.23. The minimum Gasteiger partial charge on any atom is -0.381 e. The zero-order valence-electron chi connectivity index (χ0n) is 11.8. The van der Waals surface area contributed by atoms with E-state index in [-0.39, 0.29) is 0 Å². The van der Waals surface area contributed by atoms with Gasteiger partial charge in [-0.25, -0.2) is 0 Å². The second-order valence-corrected chi connectivity index (χ2v) is 4.82. The average Bonchev–Trinajstić information content (AvgIpc) is 2.73. The van der Waals surface area contributed by atoms with Crippen LogP contribution < -0.4 is 10.6 Å². The maximum absolute atomic E-state index is 12.2. The van der Waals surface area contributed by atoms with Crippen LogP contribution in [0, 0.1) is 13.8 Å². The van der Waals surface area contributed by atoms with Crippen molar-refractivity contribution in [2.24, 2.45) is 0 Å². The monoisotopic (exact) mass is 298 g/mol. The molecule has 0 radical (unpaired) electrons. The van der Waals surface area contributed by atoms with Crippen molar-refractivity contribution in [1.29, 1.82) is 0 Å². The molecule has 0 atom stereocenters. The van der Waals surface area contributed by atoms with Crippen LogP contribution in [0.4, 0.5) is 24.5 Å². The molecule has 0 bridgehead atoms. The molecule has 0 spiro atoms. The van der Waals surface area contributed by atoms with Crippen molar-refractivity contribution in [2.75, 3.05) is 17.2 Å². The summed E-state index contributed by atoms with van der Waals surface area (Å²) in [5.74, 6) is 0. The average molecular weight is 298 g/mol. The van der Waals surface area contributed by atoms with E-state index in [4.69, 9.17) is 0 Å². The highest BCUT2D eigenvalue weighted by atomic mass is 19.4. The van der Waals surface area contributed by atoms with E-state index in [0.29, 0.717) is 12.2 Å². The number of hydrogen-bond donors (Lipinski definition) is 3. The topological polar surface area (TPSA) is 52.7 Å². The maximum atomic E-state index is 12.2.